The van der Waals surface area contributed by atoms with Gasteiger partial charge in [0.05, 0.1) is 18.9 Å². The number of allylic oxidation sites excluding steroid dienone is 6. The highest BCUT2D eigenvalue weighted by Crippen LogP contribution is 2.56. The third-order valence-electron chi connectivity index (χ3n) is 7.52. The molecule has 0 aromatic heterocycles. The normalized spacial score (nSPS) is 28.9. The molecule has 5 rings (SSSR count). The molecule has 1 heterocycles. The van der Waals surface area contributed by atoms with Gasteiger partial charge in [0.15, 0.2) is 11.6 Å². The number of amides is 2. The smallest absolute Gasteiger partial charge is 0.233 e. The number of benzene rings is 1. The zero-order valence-corrected chi connectivity index (χ0v) is 18.8. The number of hydrogen-bond acceptors (Lipinski definition) is 6. The molecule has 1 aromatic rings. The minimum Gasteiger partial charge on any atom is -0.508 e. The van der Waals surface area contributed by atoms with Crippen LogP contribution in [0.4, 0.5) is 0 Å². The van der Waals surface area contributed by atoms with Gasteiger partial charge in [-0.25, -0.2) is 0 Å². The lowest BCUT2D eigenvalue weighted by atomic mass is 9.59. The van der Waals surface area contributed by atoms with Crippen LogP contribution in [0.25, 0.3) is 0 Å². The van der Waals surface area contributed by atoms with Gasteiger partial charge in [0.25, 0.3) is 0 Å². The molecule has 0 unspecified atom stereocenters. The lowest BCUT2D eigenvalue weighted by molar-refractivity contribution is -0.139. The molecule has 1 aliphatic heterocycles. The van der Waals surface area contributed by atoms with Crippen LogP contribution in [0.15, 0.2) is 52.6 Å². The molecule has 1 saturated heterocycles. The van der Waals surface area contributed by atoms with Crippen LogP contribution < -0.4 is 4.74 Å². The molecule has 1 N–H and O–H groups in total. The SMILES string of the molecule is CCN1C(=O)[C@H]2[C@H](CC=C3[C@H](c4cc(OC)ccc4O)C4=C(C[C@H]32)C(=O)C(C)=CC4=O)C1=O. The van der Waals surface area contributed by atoms with Gasteiger partial charge in [-0.1, -0.05) is 11.6 Å². The predicted molar refractivity (Wildman–Crippen MR) is 118 cm³/mol. The highest BCUT2D eigenvalue weighted by molar-refractivity contribution is 6.23. The monoisotopic (exact) mass is 447 g/mol. The summed E-state index contributed by atoms with van der Waals surface area (Å²) in [5.74, 6) is -2.51. The minimum atomic E-state index is -0.686. The maximum Gasteiger partial charge on any atom is 0.233 e. The summed E-state index contributed by atoms with van der Waals surface area (Å²) >= 11 is 0. The molecule has 3 aliphatic carbocycles. The van der Waals surface area contributed by atoms with E-state index in [0.29, 0.717) is 41.0 Å². The van der Waals surface area contributed by atoms with Crippen molar-refractivity contribution < 1.29 is 29.0 Å². The lowest BCUT2D eigenvalue weighted by Gasteiger charge is -2.42. The minimum absolute atomic E-state index is 0.0214. The van der Waals surface area contributed by atoms with E-state index in [1.807, 2.05) is 6.08 Å². The van der Waals surface area contributed by atoms with E-state index in [1.165, 1.54) is 24.2 Å². The topological polar surface area (TPSA) is 101 Å². The van der Waals surface area contributed by atoms with Crippen LogP contribution in [0.5, 0.6) is 11.5 Å². The molecule has 4 aliphatic rings. The number of carbonyl (C=O) groups is 4. The van der Waals surface area contributed by atoms with Crippen molar-refractivity contribution in [2.75, 3.05) is 13.7 Å². The summed E-state index contributed by atoms with van der Waals surface area (Å²) in [6.45, 7) is 3.69. The Hall–Kier alpha value is -3.48. The Bertz CT molecular complexity index is 1220. The van der Waals surface area contributed by atoms with E-state index in [4.69, 9.17) is 4.74 Å². The van der Waals surface area contributed by atoms with Crippen LogP contribution >= 0.6 is 0 Å². The van der Waals surface area contributed by atoms with Gasteiger partial charge in [-0.2, -0.15) is 0 Å². The number of hydrogen-bond donors (Lipinski definition) is 1. The number of fused-ring (bicyclic) bond motifs is 3. The quantitative estimate of drug-likeness (QED) is 0.434. The highest BCUT2D eigenvalue weighted by atomic mass is 16.5. The van der Waals surface area contributed by atoms with E-state index >= 15 is 0 Å². The highest BCUT2D eigenvalue weighted by Gasteiger charge is 2.56. The molecule has 1 aromatic carbocycles. The first-order valence-electron chi connectivity index (χ1n) is 11.2. The molecule has 1 fully saturated rings. The molecule has 0 bridgehead atoms. The summed E-state index contributed by atoms with van der Waals surface area (Å²) < 4.78 is 5.35. The Balaban J connectivity index is 1.73. The van der Waals surface area contributed by atoms with Crippen molar-refractivity contribution in [1.29, 1.82) is 0 Å². The van der Waals surface area contributed by atoms with Gasteiger partial charge in [0.1, 0.15) is 11.5 Å². The third-order valence-corrected chi connectivity index (χ3v) is 7.52. The molecule has 33 heavy (non-hydrogen) atoms. The number of ketones is 2. The molecule has 2 amide bonds. The van der Waals surface area contributed by atoms with Crippen molar-refractivity contribution in [2.45, 2.75) is 32.6 Å². The molecule has 7 nitrogen and oxygen atoms in total. The van der Waals surface area contributed by atoms with Gasteiger partial charge in [0, 0.05) is 34.7 Å². The molecular formula is C26H25NO6. The Morgan fingerprint density at radius 3 is 2.58 bits per heavy atom. The fourth-order valence-corrected chi connectivity index (χ4v) is 6.01. The van der Waals surface area contributed by atoms with Gasteiger partial charge in [-0.3, -0.25) is 24.1 Å². The number of phenolic OH excluding ortho intramolecular Hbond substituents is 1. The van der Waals surface area contributed by atoms with Gasteiger partial charge in [-0.15, -0.1) is 0 Å². The van der Waals surface area contributed by atoms with Gasteiger partial charge in [0.2, 0.25) is 11.8 Å². The van der Waals surface area contributed by atoms with Crippen molar-refractivity contribution >= 4 is 23.4 Å². The number of imide groups is 1. The number of Topliss-reactive ketones (excluding diaryl/α,β-unsaturated/α-hetero) is 1. The Labute approximate surface area is 191 Å². The number of ether oxygens (including phenoxy) is 1. The molecular weight excluding hydrogens is 422 g/mol. The van der Waals surface area contributed by atoms with Crippen molar-refractivity contribution in [3.05, 3.63) is 58.2 Å². The Morgan fingerprint density at radius 2 is 1.88 bits per heavy atom. The van der Waals surface area contributed by atoms with Crippen molar-refractivity contribution in [1.82, 2.24) is 4.90 Å². The summed E-state index contributed by atoms with van der Waals surface area (Å²) in [5, 5.41) is 10.8. The maximum atomic E-state index is 13.2. The second-order valence-electron chi connectivity index (χ2n) is 9.07. The second-order valence-corrected chi connectivity index (χ2v) is 9.07. The van der Waals surface area contributed by atoms with E-state index in [9.17, 15) is 24.3 Å². The molecule has 0 saturated carbocycles. The van der Waals surface area contributed by atoms with Crippen molar-refractivity contribution in [3.8, 4) is 11.5 Å². The standard InChI is InChI=1S/C26H25NO6/c1-4-27-25(31)15-7-6-14-16(22(15)26(27)32)11-18-23(20(29)9-12(2)24(18)30)21(14)17-10-13(33-3)5-8-19(17)28/h5-6,8-10,15-16,21-22,28H,4,7,11H2,1-3H3/t15-,16+,21+,22-/m0/s1. The summed E-state index contributed by atoms with van der Waals surface area (Å²) in [6, 6.07) is 4.79. The number of rotatable bonds is 3. The fraction of sp³-hybridized carbons (Fsp3) is 0.385. The maximum absolute atomic E-state index is 13.2. The molecule has 7 heteroatoms. The Kier molecular flexibility index (Phi) is 4.88. The van der Waals surface area contributed by atoms with Crippen LogP contribution in [0.2, 0.25) is 0 Å². The summed E-state index contributed by atoms with van der Waals surface area (Å²) in [6.07, 6.45) is 3.90. The summed E-state index contributed by atoms with van der Waals surface area (Å²) in [7, 11) is 1.51. The zero-order chi connectivity index (χ0) is 23.6. The molecule has 0 radical (unpaired) electrons. The van der Waals surface area contributed by atoms with Crippen LogP contribution in [-0.4, -0.2) is 47.0 Å². The van der Waals surface area contributed by atoms with Crippen LogP contribution in [0.3, 0.4) is 0 Å². The van der Waals surface area contributed by atoms with E-state index < -0.39 is 23.7 Å². The van der Waals surface area contributed by atoms with Gasteiger partial charge < -0.3 is 9.84 Å². The van der Waals surface area contributed by atoms with Crippen LogP contribution in [0, 0.1) is 17.8 Å². The Morgan fingerprint density at radius 1 is 1.12 bits per heavy atom. The third kappa shape index (κ3) is 2.95. The van der Waals surface area contributed by atoms with Crippen molar-refractivity contribution in [2.24, 2.45) is 17.8 Å². The second kappa shape index (κ2) is 7.54. The number of likely N-dealkylation sites (tertiary alicyclic amines) is 1. The van der Waals surface area contributed by atoms with Crippen LogP contribution in [-0.2, 0) is 19.2 Å². The van der Waals surface area contributed by atoms with E-state index in [-0.39, 0.29) is 35.6 Å². The predicted octanol–water partition coefficient (Wildman–Crippen LogP) is 2.85. The molecule has 0 spiro atoms. The fourth-order valence-electron chi connectivity index (χ4n) is 6.01. The number of nitrogens with zero attached hydrogens (tertiary/aromatic N) is 1. The summed E-state index contributed by atoms with van der Waals surface area (Å²) in [5.41, 5.74) is 2.35. The van der Waals surface area contributed by atoms with E-state index in [0.717, 1.165) is 5.57 Å². The molecule has 4 atom stereocenters. The number of methoxy groups -OCH3 is 1. The number of aromatic hydroxyl groups is 1. The first kappa shape index (κ1) is 21.4. The summed E-state index contributed by atoms with van der Waals surface area (Å²) in [4.78, 5) is 53.8. The zero-order valence-electron chi connectivity index (χ0n) is 18.8. The lowest BCUT2D eigenvalue weighted by Crippen LogP contribution is -2.39. The first-order valence-corrected chi connectivity index (χ1v) is 11.2. The first-order chi connectivity index (χ1) is 15.8. The largest absolute Gasteiger partial charge is 0.508 e. The van der Waals surface area contributed by atoms with Crippen LogP contribution in [0.1, 0.15) is 38.2 Å². The van der Waals surface area contributed by atoms with E-state index in [2.05, 4.69) is 0 Å². The van der Waals surface area contributed by atoms with Crippen molar-refractivity contribution in [3.63, 3.8) is 0 Å². The average Bonchev–Trinajstić information content (AvgIpc) is 3.06. The van der Waals surface area contributed by atoms with Gasteiger partial charge >= 0.3 is 0 Å². The molecule has 170 valence electrons. The van der Waals surface area contributed by atoms with E-state index in [1.54, 1.807) is 26.0 Å². The average molecular weight is 447 g/mol. The number of carbonyl (C=O) groups excluding carboxylic acids is 4. The van der Waals surface area contributed by atoms with Gasteiger partial charge in [-0.05, 0) is 56.9 Å². The number of phenols is 1.